The van der Waals surface area contributed by atoms with Crippen LogP contribution < -0.4 is 21.1 Å². The molecule has 0 unspecified atom stereocenters. The number of aromatic hydroxyl groups is 1. The van der Waals surface area contributed by atoms with Gasteiger partial charge in [0.05, 0.1) is 5.69 Å². The predicted molar refractivity (Wildman–Crippen MR) is 153 cm³/mol. The Bertz CT molecular complexity index is 1610. The van der Waals surface area contributed by atoms with Gasteiger partial charge in [-0.25, -0.2) is 13.8 Å². The molecule has 0 radical (unpaired) electrons. The van der Waals surface area contributed by atoms with Crippen LogP contribution in [0.15, 0.2) is 77.6 Å². The van der Waals surface area contributed by atoms with Crippen LogP contribution in [0.3, 0.4) is 0 Å². The fraction of sp³-hybridized carbons (Fsp3) is 0.258. The van der Waals surface area contributed by atoms with Crippen molar-refractivity contribution < 1.29 is 23.8 Å². The van der Waals surface area contributed by atoms with Gasteiger partial charge < -0.3 is 25.5 Å². The lowest BCUT2D eigenvalue weighted by Gasteiger charge is -2.25. The number of aromatic nitrogens is 2. The zero-order chi connectivity index (χ0) is 29.1. The van der Waals surface area contributed by atoms with Crippen molar-refractivity contribution in [3.8, 4) is 22.9 Å². The molecule has 5 rings (SSSR count). The average Bonchev–Trinajstić information content (AvgIpc) is 3.80. The lowest BCUT2D eigenvalue weighted by Crippen LogP contribution is -2.35. The average molecular weight is 559 g/mol. The molecule has 0 aliphatic heterocycles. The molecule has 1 heterocycles. The molecule has 10 heteroatoms. The van der Waals surface area contributed by atoms with Gasteiger partial charge >= 0.3 is 5.69 Å². The third-order valence-electron chi connectivity index (χ3n) is 7.34. The minimum atomic E-state index is -1.22. The number of carbonyl (C=O) groups excluding carboxylic acids is 2. The number of nitrogens with one attached hydrogen (secondary N) is 3. The number of ether oxygens (including phenoxy) is 1. The van der Waals surface area contributed by atoms with E-state index in [4.69, 9.17) is 4.74 Å². The standard InChI is InChI=1S/C31H31FN4O5/c1-18(19-6-4-3-5-7-19)28(29(38)34-25-15-12-22(16-24(25)32)20-8-9-20)36-30(39)27(35-31(36)40)21-10-13-23(14-11-21)41-17-26(37)33-2/h3-7,10-16,18,20,28,39H,8-9,17H2,1-2H3,(H,33,37)(H,34,38)(H,35,40)/t18-,28-/m0/s1. The van der Waals surface area contributed by atoms with Crippen molar-refractivity contribution in [1.29, 1.82) is 0 Å². The lowest BCUT2D eigenvalue weighted by atomic mass is 9.92. The predicted octanol–water partition coefficient (Wildman–Crippen LogP) is 4.67. The van der Waals surface area contributed by atoms with Gasteiger partial charge in [0.1, 0.15) is 23.3 Å². The third kappa shape index (κ3) is 6.01. The molecule has 4 aromatic rings. The molecule has 1 aliphatic rings. The van der Waals surface area contributed by atoms with E-state index in [9.17, 15) is 23.9 Å². The summed E-state index contributed by atoms with van der Waals surface area (Å²) in [7, 11) is 1.51. The Morgan fingerprint density at radius 3 is 2.44 bits per heavy atom. The van der Waals surface area contributed by atoms with Crippen LogP contribution in [0.5, 0.6) is 11.6 Å². The Morgan fingerprint density at radius 1 is 1.10 bits per heavy atom. The van der Waals surface area contributed by atoms with Crippen LogP contribution in [0.2, 0.25) is 0 Å². The molecule has 3 aromatic carbocycles. The number of nitrogens with zero attached hydrogens (tertiary/aromatic N) is 1. The van der Waals surface area contributed by atoms with E-state index < -0.39 is 35.3 Å². The maximum Gasteiger partial charge on any atom is 0.329 e. The van der Waals surface area contributed by atoms with Gasteiger partial charge in [0.2, 0.25) is 11.8 Å². The van der Waals surface area contributed by atoms with Crippen molar-refractivity contribution >= 4 is 17.5 Å². The number of rotatable bonds is 10. The summed E-state index contributed by atoms with van der Waals surface area (Å²) in [5.74, 6) is -1.74. The molecule has 1 aromatic heterocycles. The summed E-state index contributed by atoms with van der Waals surface area (Å²) in [6.45, 7) is 1.61. The number of halogens is 1. The smallest absolute Gasteiger partial charge is 0.329 e. The highest BCUT2D eigenvalue weighted by Gasteiger charge is 2.34. The summed E-state index contributed by atoms with van der Waals surface area (Å²) < 4.78 is 21.4. The van der Waals surface area contributed by atoms with Crippen molar-refractivity contribution in [2.45, 2.75) is 37.6 Å². The molecule has 41 heavy (non-hydrogen) atoms. The summed E-state index contributed by atoms with van der Waals surface area (Å²) in [5, 5.41) is 16.4. The van der Waals surface area contributed by atoms with Gasteiger partial charge in [-0.3, -0.25) is 9.59 Å². The van der Waals surface area contributed by atoms with Crippen molar-refractivity contribution in [3.05, 3.63) is 100 Å². The summed E-state index contributed by atoms with van der Waals surface area (Å²) in [4.78, 5) is 41.1. The Hall–Kier alpha value is -4.86. The Balaban J connectivity index is 1.47. The van der Waals surface area contributed by atoms with E-state index >= 15 is 0 Å². The number of H-pyrrole nitrogens is 1. The fourth-order valence-electron chi connectivity index (χ4n) is 4.85. The van der Waals surface area contributed by atoms with Crippen LogP contribution >= 0.6 is 0 Å². The molecule has 1 fully saturated rings. The number of aromatic amines is 1. The van der Waals surface area contributed by atoms with E-state index in [0.717, 1.165) is 28.5 Å². The van der Waals surface area contributed by atoms with E-state index in [-0.39, 0.29) is 23.9 Å². The summed E-state index contributed by atoms with van der Waals surface area (Å²) in [6.07, 6.45) is 2.04. The first kappa shape index (κ1) is 27.7. The minimum absolute atomic E-state index is 0.000281. The quantitative estimate of drug-likeness (QED) is 0.225. The first-order chi connectivity index (χ1) is 19.8. The number of hydrogen-bond acceptors (Lipinski definition) is 5. The van der Waals surface area contributed by atoms with E-state index in [0.29, 0.717) is 17.2 Å². The second kappa shape index (κ2) is 11.7. The molecule has 212 valence electrons. The fourth-order valence-corrected chi connectivity index (χ4v) is 4.85. The van der Waals surface area contributed by atoms with Crippen LogP contribution in [0, 0.1) is 5.82 Å². The highest BCUT2D eigenvalue weighted by Crippen LogP contribution is 2.41. The van der Waals surface area contributed by atoms with Gasteiger partial charge in [0.25, 0.3) is 5.91 Å². The molecule has 2 amide bonds. The number of anilines is 1. The van der Waals surface area contributed by atoms with Gasteiger partial charge in [0.15, 0.2) is 6.61 Å². The maximum absolute atomic E-state index is 15.0. The van der Waals surface area contributed by atoms with E-state index in [1.54, 1.807) is 37.3 Å². The molecular weight excluding hydrogens is 527 g/mol. The number of hydrogen-bond donors (Lipinski definition) is 4. The highest BCUT2D eigenvalue weighted by atomic mass is 19.1. The molecule has 2 atom stereocenters. The largest absolute Gasteiger partial charge is 0.493 e. The van der Waals surface area contributed by atoms with Gasteiger partial charge in [0, 0.05) is 18.5 Å². The zero-order valence-electron chi connectivity index (χ0n) is 22.7. The highest BCUT2D eigenvalue weighted by molar-refractivity contribution is 5.95. The molecule has 1 saturated carbocycles. The van der Waals surface area contributed by atoms with Gasteiger partial charge in [-0.1, -0.05) is 43.3 Å². The van der Waals surface area contributed by atoms with Crippen LogP contribution in [0.25, 0.3) is 11.3 Å². The number of likely N-dealkylation sites (N-methyl/N-ethyl adjacent to an activating group) is 1. The van der Waals surface area contributed by atoms with Crippen LogP contribution in [0.4, 0.5) is 10.1 Å². The minimum Gasteiger partial charge on any atom is -0.493 e. The number of carbonyl (C=O) groups is 2. The molecular formula is C31H31FN4O5. The summed E-state index contributed by atoms with van der Waals surface area (Å²) in [5.41, 5.74) is 1.50. The van der Waals surface area contributed by atoms with Crippen LogP contribution in [0.1, 0.15) is 48.8 Å². The van der Waals surface area contributed by atoms with Crippen molar-refractivity contribution in [2.75, 3.05) is 19.0 Å². The van der Waals surface area contributed by atoms with Crippen molar-refractivity contribution in [2.24, 2.45) is 0 Å². The van der Waals surface area contributed by atoms with E-state index in [2.05, 4.69) is 15.6 Å². The molecule has 4 N–H and O–H groups in total. The van der Waals surface area contributed by atoms with Crippen LogP contribution in [-0.4, -0.2) is 40.1 Å². The topological polar surface area (TPSA) is 125 Å². The van der Waals surface area contributed by atoms with Gasteiger partial charge in [-0.05, 0) is 66.3 Å². The van der Waals surface area contributed by atoms with Gasteiger partial charge in [-0.15, -0.1) is 0 Å². The first-order valence-corrected chi connectivity index (χ1v) is 13.4. The molecule has 0 saturated heterocycles. The second-order valence-electron chi connectivity index (χ2n) is 10.1. The Kier molecular flexibility index (Phi) is 7.91. The summed E-state index contributed by atoms with van der Waals surface area (Å²) >= 11 is 0. The molecule has 0 spiro atoms. The Labute approximate surface area is 236 Å². The summed E-state index contributed by atoms with van der Waals surface area (Å²) in [6, 6.07) is 19.1. The normalized spacial score (nSPS) is 14.2. The van der Waals surface area contributed by atoms with E-state index in [1.165, 1.54) is 19.2 Å². The lowest BCUT2D eigenvalue weighted by molar-refractivity contribution is -0.122. The van der Waals surface area contributed by atoms with Crippen molar-refractivity contribution in [1.82, 2.24) is 14.9 Å². The molecule has 0 bridgehead atoms. The number of imidazole rings is 1. The molecule has 1 aliphatic carbocycles. The van der Waals surface area contributed by atoms with E-state index in [1.807, 2.05) is 30.3 Å². The monoisotopic (exact) mass is 558 g/mol. The molecule has 9 nitrogen and oxygen atoms in total. The third-order valence-corrected chi connectivity index (χ3v) is 7.34. The zero-order valence-corrected chi connectivity index (χ0v) is 22.7. The maximum atomic E-state index is 15.0. The van der Waals surface area contributed by atoms with Crippen molar-refractivity contribution in [3.63, 3.8) is 0 Å². The van der Waals surface area contributed by atoms with Crippen LogP contribution in [-0.2, 0) is 9.59 Å². The number of amides is 2. The first-order valence-electron chi connectivity index (χ1n) is 13.4. The Morgan fingerprint density at radius 2 is 1.80 bits per heavy atom. The second-order valence-corrected chi connectivity index (χ2v) is 10.1. The SMILES string of the molecule is CNC(=O)COc1ccc(-c2[nH]c(=O)n([C@H](C(=O)Nc3ccc(C4CC4)cc3F)[C@@H](C)c3ccccc3)c2O)cc1. The number of benzene rings is 3. The van der Waals surface area contributed by atoms with Gasteiger partial charge in [-0.2, -0.15) is 0 Å².